The molecule has 1 heterocycles. The fourth-order valence-corrected chi connectivity index (χ4v) is 2.89. The van der Waals surface area contributed by atoms with Crippen molar-refractivity contribution in [1.29, 1.82) is 0 Å². The Bertz CT molecular complexity index is 873. The second-order valence-electron chi connectivity index (χ2n) is 7.83. The molecule has 0 aliphatic rings. The van der Waals surface area contributed by atoms with Gasteiger partial charge in [0, 0.05) is 36.6 Å². The van der Waals surface area contributed by atoms with Crippen molar-refractivity contribution >= 4 is 35.2 Å². The van der Waals surface area contributed by atoms with Crippen molar-refractivity contribution in [3.8, 4) is 5.75 Å². The van der Waals surface area contributed by atoms with Gasteiger partial charge < -0.3 is 19.7 Å². The van der Waals surface area contributed by atoms with Gasteiger partial charge in [0.2, 0.25) is 0 Å². The first kappa shape index (κ1) is 24.8. The van der Waals surface area contributed by atoms with Crippen molar-refractivity contribution in [2.75, 3.05) is 19.7 Å². The molecule has 2 aromatic rings. The van der Waals surface area contributed by atoms with Crippen LogP contribution in [0.2, 0.25) is 10.0 Å². The highest BCUT2D eigenvalue weighted by Gasteiger charge is 2.22. The fraction of sp³-hybridized carbons (Fsp3) is 0.409. The molecule has 0 unspecified atom stereocenters. The van der Waals surface area contributed by atoms with Crippen LogP contribution in [0.25, 0.3) is 0 Å². The number of pyridine rings is 1. The molecule has 168 valence electrons. The number of carbonyl (C=O) groups is 2. The van der Waals surface area contributed by atoms with Crippen molar-refractivity contribution in [3.05, 3.63) is 58.3 Å². The summed E-state index contributed by atoms with van der Waals surface area (Å²) in [5.41, 5.74) is 0.293. The summed E-state index contributed by atoms with van der Waals surface area (Å²) in [6.07, 6.45) is 3.51. The molecule has 9 heteroatoms. The number of rotatable bonds is 9. The first-order valence-corrected chi connectivity index (χ1v) is 10.6. The lowest BCUT2D eigenvalue weighted by Gasteiger charge is -2.27. The summed E-state index contributed by atoms with van der Waals surface area (Å²) in [5.74, 6) is 0.0454. The molecular weight excluding hydrogens is 441 g/mol. The fourth-order valence-electron chi connectivity index (χ4n) is 2.55. The molecule has 0 aliphatic carbocycles. The van der Waals surface area contributed by atoms with Crippen molar-refractivity contribution in [1.82, 2.24) is 15.2 Å². The van der Waals surface area contributed by atoms with Gasteiger partial charge in [0.1, 0.15) is 11.4 Å². The monoisotopic (exact) mass is 467 g/mol. The number of hydrogen-bond acceptors (Lipinski definition) is 5. The van der Waals surface area contributed by atoms with Crippen LogP contribution in [0.1, 0.15) is 32.8 Å². The summed E-state index contributed by atoms with van der Waals surface area (Å²) in [7, 11) is 0. The molecule has 2 amide bonds. The zero-order valence-corrected chi connectivity index (χ0v) is 19.4. The van der Waals surface area contributed by atoms with Crippen LogP contribution in [0.15, 0.2) is 42.7 Å². The summed E-state index contributed by atoms with van der Waals surface area (Å²) >= 11 is 11.9. The third-order valence-corrected chi connectivity index (χ3v) is 4.47. The van der Waals surface area contributed by atoms with Gasteiger partial charge in [0.15, 0.2) is 6.61 Å². The lowest BCUT2D eigenvalue weighted by atomic mass is 10.2. The Balaban J connectivity index is 1.81. The van der Waals surface area contributed by atoms with E-state index in [9.17, 15) is 9.59 Å². The Hall–Kier alpha value is -2.51. The average molecular weight is 468 g/mol. The first-order chi connectivity index (χ1) is 14.6. The molecule has 1 N–H and O–H groups in total. The minimum atomic E-state index is -0.600. The molecule has 0 radical (unpaired) electrons. The minimum absolute atomic E-state index is 0.189. The number of benzene rings is 1. The first-order valence-electron chi connectivity index (χ1n) is 9.85. The lowest BCUT2D eigenvalue weighted by molar-refractivity contribution is -0.123. The van der Waals surface area contributed by atoms with E-state index in [-0.39, 0.29) is 12.5 Å². The smallest absolute Gasteiger partial charge is 0.410 e. The van der Waals surface area contributed by atoms with E-state index in [1.165, 1.54) is 0 Å². The molecule has 0 fully saturated rings. The molecule has 0 saturated heterocycles. The highest BCUT2D eigenvalue weighted by Crippen LogP contribution is 2.27. The van der Waals surface area contributed by atoms with Crippen LogP contribution in [-0.4, -0.2) is 47.2 Å². The summed E-state index contributed by atoms with van der Waals surface area (Å²) in [4.78, 5) is 30.3. The lowest BCUT2D eigenvalue weighted by Crippen LogP contribution is -2.38. The number of carbonyl (C=O) groups excluding carboxylic acids is 2. The van der Waals surface area contributed by atoms with E-state index in [1.807, 2.05) is 32.9 Å². The van der Waals surface area contributed by atoms with E-state index in [0.717, 1.165) is 5.56 Å². The third-order valence-electron chi connectivity index (χ3n) is 3.93. The van der Waals surface area contributed by atoms with Gasteiger partial charge in [-0.25, -0.2) is 4.79 Å². The molecule has 0 saturated carbocycles. The number of ether oxygens (including phenoxy) is 2. The zero-order valence-electron chi connectivity index (χ0n) is 17.9. The Morgan fingerprint density at radius 3 is 2.65 bits per heavy atom. The zero-order chi connectivity index (χ0) is 22.9. The van der Waals surface area contributed by atoms with Gasteiger partial charge in [0.25, 0.3) is 5.91 Å². The van der Waals surface area contributed by atoms with Crippen LogP contribution in [0.3, 0.4) is 0 Å². The molecular formula is C22H27Cl2N3O4. The standard InChI is InChI=1S/C22H27Cl2N3O4/c1-22(2,3)31-21(29)27(14-16-6-4-9-25-13-16)11-5-10-26-20(28)15-30-19-12-17(23)7-8-18(19)24/h4,6-9,12-13H,5,10-11,14-15H2,1-3H3,(H,26,28). The summed E-state index contributed by atoms with van der Waals surface area (Å²) in [6.45, 7) is 6.42. The largest absolute Gasteiger partial charge is 0.482 e. The predicted octanol–water partition coefficient (Wildman–Crippen LogP) is 4.71. The molecule has 0 aliphatic heterocycles. The van der Waals surface area contributed by atoms with Crippen molar-refractivity contribution in [3.63, 3.8) is 0 Å². The predicted molar refractivity (Wildman–Crippen MR) is 120 cm³/mol. The molecule has 0 atom stereocenters. The Labute approximate surface area is 192 Å². The van der Waals surface area contributed by atoms with E-state index in [4.69, 9.17) is 32.7 Å². The van der Waals surface area contributed by atoms with Gasteiger partial charge in [-0.3, -0.25) is 9.78 Å². The van der Waals surface area contributed by atoms with Gasteiger partial charge in [0.05, 0.1) is 11.6 Å². The van der Waals surface area contributed by atoms with E-state index in [2.05, 4.69) is 10.3 Å². The van der Waals surface area contributed by atoms with E-state index < -0.39 is 11.7 Å². The van der Waals surface area contributed by atoms with Crippen LogP contribution in [-0.2, 0) is 16.1 Å². The normalized spacial score (nSPS) is 11.0. The third kappa shape index (κ3) is 9.44. The average Bonchev–Trinajstić information content (AvgIpc) is 2.70. The number of amides is 2. The van der Waals surface area contributed by atoms with Crippen LogP contribution in [0.4, 0.5) is 4.79 Å². The molecule has 1 aromatic carbocycles. The summed E-state index contributed by atoms with van der Waals surface area (Å²) < 4.78 is 10.9. The van der Waals surface area contributed by atoms with Gasteiger partial charge in [-0.1, -0.05) is 29.3 Å². The van der Waals surface area contributed by atoms with Crippen LogP contribution in [0, 0.1) is 0 Å². The van der Waals surface area contributed by atoms with Crippen LogP contribution < -0.4 is 10.1 Å². The van der Waals surface area contributed by atoms with Gasteiger partial charge in [-0.05, 0) is 51.0 Å². The van der Waals surface area contributed by atoms with E-state index >= 15 is 0 Å². The van der Waals surface area contributed by atoms with Crippen molar-refractivity contribution in [2.24, 2.45) is 0 Å². The van der Waals surface area contributed by atoms with Gasteiger partial charge in [-0.15, -0.1) is 0 Å². The number of aromatic nitrogens is 1. The van der Waals surface area contributed by atoms with Gasteiger partial charge in [-0.2, -0.15) is 0 Å². The maximum absolute atomic E-state index is 12.6. The Morgan fingerprint density at radius 1 is 1.19 bits per heavy atom. The topological polar surface area (TPSA) is 80.8 Å². The van der Waals surface area contributed by atoms with E-state index in [1.54, 1.807) is 35.5 Å². The molecule has 31 heavy (non-hydrogen) atoms. The van der Waals surface area contributed by atoms with Crippen LogP contribution >= 0.6 is 23.2 Å². The quantitative estimate of drug-likeness (QED) is 0.539. The number of hydrogen-bond donors (Lipinski definition) is 1. The van der Waals surface area contributed by atoms with Gasteiger partial charge >= 0.3 is 6.09 Å². The van der Waals surface area contributed by atoms with E-state index in [0.29, 0.717) is 41.8 Å². The SMILES string of the molecule is CC(C)(C)OC(=O)N(CCCNC(=O)COc1cc(Cl)ccc1Cl)Cc1cccnc1. The molecule has 0 bridgehead atoms. The Kier molecular flexibility index (Phi) is 9.40. The maximum atomic E-state index is 12.6. The number of halogens is 2. The second-order valence-corrected chi connectivity index (χ2v) is 8.67. The molecule has 7 nitrogen and oxygen atoms in total. The molecule has 1 aromatic heterocycles. The van der Waals surface area contributed by atoms with Crippen molar-refractivity contribution in [2.45, 2.75) is 39.3 Å². The van der Waals surface area contributed by atoms with Crippen LogP contribution in [0.5, 0.6) is 5.75 Å². The summed E-state index contributed by atoms with van der Waals surface area (Å²) in [6, 6.07) is 8.50. The highest BCUT2D eigenvalue weighted by atomic mass is 35.5. The van der Waals surface area contributed by atoms with Crippen molar-refractivity contribution < 1.29 is 19.1 Å². The Morgan fingerprint density at radius 2 is 1.97 bits per heavy atom. The maximum Gasteiger partial charge on any atom is 0.410 e. The number of nitrogens with one attached hydrogen (secondary N) is 1. The second kappa shape index (κ2) is 11.8. The highest BCUT2D eigenvalue weighted by molar-refractivity contribution is 6.34. The summed E-state index contributed by atoms with van der Waals surface area (Å²) in [5, 5.41) is 3.61. The minimum Gasteiger partial charge on any atom is -0.482 e. The number of nitrogens with zero attached hydrogens (tertiary/aromatic N) is 2. The molecule has 2 rings (SSSR count). The molecule has 0 spiro atoms.